The van der Waals surface area contributed by atoms with Crippen LogP contribution in [0.5, 0.6) is 5.75 Å². The van der Waals surface area contributed by atoms with Gasteiger partial charge in [-0.15, -0.1) is 0 Å². The number of phenols is 1. The molecule has 1 aliphatic carbocycles. The van der Waals surface area contributed by atoms with E-state index < -0.39 is 0 Å². The number of nitrogens with zero attached hydrogens (tertiary/aromatic N) is 3. The lowest BCUT2D eigenvalue weighted by atomic mass is 10.1. The van der Waals surface area contributed by atoms with Crippen molar-refractivity contribution in [1.29, 1.82) is 0 Å². The van der Waals surface area contributed by atoms with Gasteiger partial charge < -0.3 is 5.11 Å². The summed E-state index contributed by atoms with van der Waals surface area (Å²) in [5.74, 6) is 0.255. The molecule has 0 amide bonds. The zero-order chi connectivity index (χ0) is 14.2. The van der Waals surface area contributed by atoms with E-state index in [4.69, 9.17) is 0 Å². The Morgan fingerprint density at radius 1 is 1.05 bits per heavy atom. The van der Waals surface area contributed by atoms with E-state index in [-0.39, 0.29) is 5.75 Å². The number of phenolic OH excluding ortho intramolecular Hbond substituents is 1. The third-order valence-electron chi connectivity index (χ3n) is 3.66. The van der Waals surface area contributed by atoms with Crippen molar-refractivity contribution in [3.63, 3.8) is 0 Å². The molecule has 0 radical (unpaired) electrons. The summed E-state index contributed by atoms with van der Waals surface area (Å²) < 4.78 is 2.06. The molecule has 1 N–H and O–H groups in total. The molecule has 1 aliphatic rings. The van der Waals surface area contributed by atoms with Gasteiger partial charge in [0.05, 0.1) is 23.8 Å². The molecule has 1 aromatic carbocycles. The Hall–Kier alpha value is -2.88. The van der Waals surface area contributed by atoms with Gasteiger partial charge in [0, 0.05) is 11.8 Å². The van der Waals surface area contributed by atoms with Crippen LogP contribution in [0.25, 0.3) is 22.5 Å². The monoisotopic (exact) mass is 275 g/mol. The first-order chi connectivity index (χ1) is 10.3. The summed E-state index contributed by atoms with van der Waals surface area (Å²) in [6.45, 7) is 0. The SMILES string of the molecule is Oc1ccc(-c2cn3c(C4=CC=CC4)cnc3cn2)cc1. The topological polar surface area (TPSA) is 50.4 Å². The second-order valence-corrected chi connectivity index (χ2v) is 5.02. The molecule has 3 aromatic rings. The molecule has 0 spiro atoms. The first kappa shape index (κ1) is 11.9. The molecule has 102 valence electrons. The molecule has 0 bridgehead atoms. The molecule has 4 nitrogen and oxygen atoms in total. The minimum atomic E-state index is 0.255. The molecule has 0 fully saturated rings. The second-order valence-electron chi connectivity index (χ2n) is 5.02. The molecule has 0 saturated heterocycles. The molecule has 0 atom stereocenters. The lowest BCUT2D eigenvalue weighted by Gasteiger charge is -2.05. The van der Waals surface area contributed by atoms with Crippen LogP contribution in [0.15, 0.2) is 61.1 Å². The highest BCUT2D eigenvalue weighted by Gasteiger charge is 2.11. The highest BCUT2D eigenvalue weighted by molar-refractivity contribution is 5.71. The molecular formula is C17H13N3O. The predicted molar refractivity (Wildman–Crippen MR) is 81.8 cm³/mol. The van der Waals surface area contributed by atoms with Crippen molar-refractivity contribution in [2.45, 2.75) is 6.42 Å². The van der Waals surface area contributed by atoms with E-state index in [1.165, 1.54) is 5.57 Å². The van der Waals surface area contributed by atoms with Gasteiger partial charge in [-0.2, -0.15) is 0 Å². The largest absolute Gasteiger partial charge is 0.508 e. The van der Waals surface area contributed by atoms with Crippen molar-refractivity contribution < 1.29 is 5.11 Å². The molecule has 4 heteroatoms. The van der Waals surface area contributed by atoms with Crippen LogP contribution in [0.4, 0.5) is 0 Å². The molecular weight excluding hydrogens is 262 g/mol. The van der Waals surface area contributed by atoms with Gasteiger partial charge in [-0.1, -0.05) is 18.2 Å². The quantitative estimate of drug-likeness (QED) is 0.779. The summed E-state index contributed by atoms with van der Waals surface area (Å²) in [5, 5.41) is 9.38. The van der Waals surface area contributed by atoms with E-state index in [0.29, 0.717) is 0 Å². The van der Waals surface area contributed by atoms with Crippen molar-refractivity contribution in [2.24, 2.45) is 0 Å². The minimum Gasteiger partial charge on any atom is -0.508 e. The average Bonchev–Trinajstić information content (AvgIpc) is 3.16. The summed E-state index contributed by atoms with van der Waals surface area (Å²) in [6, 6.07) is 7.05. The average molecular weight is 275 g/mol. The zero-order valence-corrected chi connectivity index (χ0v) is 11.3. The maximum absolute atomic E-state index is 9.38. The lowest BCUT2D eigenvalue weighted by Crippen LogP contribution is -1.94. The van der Waals surface area contributed by atoms with Crippen LogP contribution in [-0.2, 0) is 0 Å². The van der Waals surface area contributed by atoms with Crippen molar-refractivity contribution in [1.82, 2.24) is 14.4 Å². The molecule has 0 unspecified atom stereocenters. The fourth-order valence-electron chi connectivity index (χ4n) is 2.55. The number of benzene rings is 1. The zero-order valence-electron chi connectivity index (χ0n) is 11.3. The lowest BCUT2D eigenvalue weighted by molar-refractivity contribution is 0.475. The third-order valence-corrected chi connectivity index (χ3v) is 3.66. The predicted octanol–water partition coefficient (Wildman–Crippen LogP) is 3.45. The molecule has 2 heterocycles. The summed E-state index contributed by atoms with van der Waals surface area (Å²) >= 11 is 0. The maximum atomic E-state index is 9.38. The van der Waals surface area contributed by atoms with Crippen molar-refractivity contribution in [3.8, 4) is 17.0 Å². The summed E-state index contributed by atoms with van der Waals surface area (Å²) in [5.41, 5.74) is 5.00. The Kier molecular flexibility index (Phi) is 2.60. The smallest absolute Gasteiger partial charge is 0.155 e. The number of rotatable bonds is 2. The minimum absolute atomic E-state index is 0.255. The molecule has 4 rings (SSSR count). The number of fused-ring (bicyclic) bond motifs is 1. The van der Waals surface area contributed by atoms with Crippen LogP contribution < -0.4 is 0 Å². The summed E-state index contributed by atoms with van der Waals surface area (Å²) in [7, 11) is 0. The van der Waals surface area contributed by atoms with E-state index >= 15 is 0 Å². The highest BCUT2D eigenvalue weighted by atomic mass is 16.3. The normalized spacial score (nSPS) is 13.8. The highest BCUT2D eigenvalue weighted by Crippen LogP contribution is 2.26. The van der Waals surface area contributed by atoms with Gasteiger partial charge in [-0.25, -0.2) is 4.98 Å². The van der Waals surface area contributed by atoms with Gasteiger partial charge >= 0.3 is 0 Å². The second kappa shape index (κ2) is 4.59. The van der Waals surface area contributed by atoms with Crippen molar-refractivity contribution in [2.75, 3.05) is 0 Å². The molecule has 21 heavy (non-hydrogen) atoms. The van der Waals surface area contributed by atoms with Crippen LogP contribution in [0.3, 0.4) is 0 Å². The first-order valence-corrected chi connectivity index (χ1v) is 6.80. The van der Waals surface area contributed by atoms with E-state index in [9.17, 15) is 5.11 Å². The fourth-order valence-corrected chi connectivity index (χ4v) is 2.55. The number of hydrogen-bond acceptors (Lipinski definition) is 3. The van der Waals surface area contributed by atoms with Gasteiger partial charge in [0.25, 0.3) is 0 Å². The van der Waals surface area contributed by atoms with E-state index in [1.807, 2.05) is 24.5 Å². The molecule has 0 aliphatic heterocycles. The Bertz CT molecular complexity index is 873. The number of aromatic hydroxyl groups is 1. The van der Waals surface area contributed by atoms with Gasteiger partial charge in [-0.05, 0) is 36.3 Å². The van der Waals surface area contributed by atoms with Crippen LogP contribution in [0.2, 0.25) is 0 Å². The Balaban J connectivity index is 1.85. The van der Waals surface area contributed by atoms with Crippen molar-refractivity contribution in [3.05, 3.63) is 66.8 Å². The Labute approximate surface area is 121 Å². The van der Waals surface area contributed by atoms with Gasteiger partial charge in [0.15, 0.2) is 5.65 Å². The summed E-state index contributed by atoms with van der Waals surface area (Å²) in [4.78, 5) is 8.85. The van der Waals surface area contributed by atoms with Crippen LogP contribution >= 0.6 is 0 Å². The fraction of sp³-hybridized carbons (Fsp3) is 0.0588. The Morgan fingerprint density at radius 2 is 1.90 bits per heavy atom. The van der Waals surface area contributed by atoms with Crippen LogP contribution in [-0.4, -0.2) is 19.5 Å². The standard InChI is InChI=1S/C17H13N3O/c21-14-7-5-12(6-8-14)15-11-20-16(13-3-1-2-4-13)9-19-17(20)10-18-15/h1-3,5-11,21H,4H2. The number of imidazole rings is 1. The number of aromatic nitrogens is 3. The summed E-state index contributed by atoms with van der Waals surface area (Å²) in [6.07, 6.45) is 12.9. The number of hydrogen-bond donors (Lipinski definition) is 1. The van der Waals surface area contributed by atoms with E-state index in [1.54, 1.807) is 18.3 Å². The van der Waals surface area contributed by atoms with Gasteiger partial charge in [-0.3, -0.25) is 9.38 Å². The van der Waals surface area contributed by atoms with Gasteiger partial charge in [0.2, 0.25) is 0 Å². The first-order valence-electron chi connectivity index (χ1n) is 6.80. The van der Waals surface area contributed by atoms with Crippen molar-refractivity contribution >= 4 is 11.2 Å². The van der Waals surface area contributed by atoms with Crippen LogP contribution in [0, 0.1) is 0 Å². The van der Waals surface area contributed by atoms with E-state index in [0.717, 1.165) is 29.0 Å². The molecule has 0 saturated carbocycles. The van der Waals surface area contributed by atoms with Crippen LogP contribution in [0.1, 0.15) is 12.1 Å². The van der Waals surface area contributed by atoms with E-state index in [2.05, 4.69) is 32.6 Å². The Morgan fingerprint density at radius 3 is 2.67 bits per heavy atom. The number of allylic oxidation sites excluding steroid dienone is 4. The molecule has 2 aromatic heterocycles. The maximum Gasteiger partial charge on any atom is 0.155 e. The van der Waals surface area contributed by atoms with Gasteiger partial charge in [0.1, 0.15) is 5.75 Å². The third kappa shape index (κ3) is 2.01.